The molecule has 0 radical (unpaired) electrons. The van der Waals surface area contributed by atoms with E-state index in [1.54, 1.807) is 5.32 Å². The van der Waals surface area contributed by atoms with Gasteiger partial charge in [0, 0.05) is 0 Å². The number of alkyl halides is 3. The summed E-state index contributed by atoms with van der Waals surface area (Å²) in [6.45, 7) is 0. The van der Waals surface area contributed by atoms with E-state index in [9.17, 15) is 27.2 Å². The lowest BCUT2D eigenvalue weighted by molar-refractivity contribution is -0.157. The first-order valence-corrected chi connectivity index (χ1v) is 6.11. The lowest BCUT2D eigenvalue weighted by Gasteiger charge is -2.18. The largest absolute Gasteiger partial charge is 0.493 e. The molecule has 0 bridgehead atoms. The molecule has 128 valence electrons. The van der Waals surface area contributed by atoms with Gasteiger partial charge in [-0.3, -0.25) is 4.79 Å². The summed E-state index contributed by atoms with van der Waals surface area (Å²) in [4.78, 5) is 22.8. The van der Waals surface area contributed by atoms with Crippen LogP contribution >= 0.6 is 0 Å². The van der Waals surface area contributed by atoms with E-state index in [1.807, 2.05) is 0 Å². The monoisotopic (exact) mass is 339 g/mol. The zero-order valence-corrected chi connectivity index (χ0v) is 12.0. The van der Waals surface area contributed by atoms with E-state index in [1.165, 1.54) is 7.11 Å². The van der Waals surface area contributed by atoms with Gasteiger partial charge in [0.15, 0.2) is 11.5 Å². The van der Waals surface area contributed by atoms with E-state index in [0.29, 0.717) is 0 Å². The maximum atomic E-state index is 13.8. The lowest BCUT2D eigenvalue weighted by atomic mass is 10.1. The molecule has 1 atom stereocenters. The summed E-state index contributed by atoms with van der Waals surface area (Å²) >= 11 is 0. The van der Waals surface area contributed by atoms with Crippen LogP contribution in [0.3, 0.4) is 0 Å². The molecule has 0 aromatic heterocycles. The van der Waals surface area contributed by atoms with Gasteiger partial charge in [-0.05, 0) is 12.1 Å². The summed E-state index contributed by atoms with van der Waals surface area (Å²) in [7, 11) is 2.31. The van der Waals surface area contributed by atoms with Crippen molar-refractivity contribution in [2.75, 3.05) is 14.2 Å². The van der Waals surface area contributed by atoms with Crippen molar-refractivity contribution < 1.29 is 41.7 Å². The Kier molecular flexibility index (Phi) is 5.77. The van der Waals surface area contributed by atoms with Gasteiger partial charge in [0.25, 0.3) is 5.91 Å². The molecule has 1 amide bonds. The van der Waals surface area contributed by atoms with Gasteiger partial charge in [-0.2, -0.15) is 13.2 Å². The van der Waals surface area contributed by atoms with Crippen molar-refractivity contribution in [3.8, 4) is 11.5 Å². The van der Waals surface area contributed by atoms with E-state index in [-0.39, 0.29) is 11.5 Å². The summed E-state index contributed by atoms with van der Waals surface area (Å²) < 4.78 is 60.5. The first-order chi connectivity index (χ1) is 10.6. The molecule has 0 saturated carbocycles. The number of rotatable bonds is 6. The van der Waals surface area contributed by atoms with Gasteiger partial charge in [-0.1, -0.05) is 0 Å². The number of amides is 1. The predicted molar refractivity (Wildman–Crippen MR) is 69.1 cm³/mol. The highest BCUT2D eigenvalue weighted by atomic mass is 19.4. The summed E-state index contributed by atoms with van der Waals surface area (Å²) in [5.74, 6) is -4.77. The number of hydrogen-bond donors (Lipinski definition) is 2. The molecule has 0 aliphatic heterocycles. The van der Waals surface area contributed by atoms with Gasteiger partial charge in [0.2, 0.25) is 0 Å². The smallest absolute Gasteiger partial charge is 0.391 e. The van der Waals surface area contributed by atoms with E-state index >= 15 is 0 Å². The number of carbonyl (C=O) groups is 2. The Morgan fingerprint density at radius 2 is 1.87 bits per heavy atom. The summed E-state index contributed by atoms with van der Waals surface area (Å²) in [6, 6.07) is -0.275. The van der Waals surface area contributed by atoms with Gasteiger partial charge >= 0.3 is 12.1 Å². The van der Waals surface area contributed by atoms with E-state index in [0.717, 1.165) is 19.2 Å². The van der Waals surface area contributed by atoms with Crippen molar-refractivity contribution in [3.63, 3.8) is 0 Å². The minimum Gasteiger partial charge on any atom is -0.493 e. The zero-order chi connectivity index (χ0) is 17.8. The van der Waals surface area contributed by atoms with Gasteiger partial charge in [0.05, 0.1) is 20.6 Å². The molecule has 0 spiro atoms. The number of benzene rings is 1. The molecule has 0 saturated heterocycles. The average molecular weight is 339 g/mol. The Labute approximate surface area is 128 Å². The number of carboxylic acid groups (broad SMARTS) is 1. The molecular formula is C13H13F4NO5. The Balaban J connectivity index is 3.16. The fourth-order valence-electron chi connectivity index (χ4n) is 1.78. The highest BCUT2D eigenvalue weighted by Crippen LogP contribution is 2.33. The number of carboxylic acids is 1. The van der Waals surface area contributed by atoms with Crippen LogP contribution in [0.4, 0.5) is 17.6 Å². The first-order valence-electron chi connectivity index (χ1n) is 6.11. The van der Waals surface area contributed by atoms with E-state index < -0.39 is 41.9 Å². The Morgan fingerprint density at radius 3 is 2.30 bits per heavy atom. The van der Waals surface area contributed by atoms with Crippen molar-refractivity contribution in [2.24, 2.45) is 0 Å². The summed E-state index contributed by atoms with van der Waals surface area (Å²) in [5.41, 5.74) is -0.750. The molecule has 1 aromatic rings. The second-order valence-corrected chi connectivity index (χ2v) is 4.34. The zero-order valence-electron chi connectivity index (χ0n) is 12.0. The summed E-state index contributed by atoms with van der Waals surface area (Å²) in [6.07, 6.45) is -6.63. The fraction of sp³-hybridized carbons (Fsp3) is 0.385. The van der Waals surface area contributed by atoms with Crippen LogP contribution in [-0.4, -0.2) is 43.4 Å². The third-order valence-corrected chi connectivity index (χ3v) is 2.76. The lowest BCUT2D eigenvalue weighted by Crippen LogP contribution is -2.44. The number of methoxy groups -OCH3 is 2. The number of aliphatic carboxylic acids is 1. The molecule has 1 aromatic carbocycles. The first kappa shape index (κ1) is 18.5. The van der Waals surface area contributed by atoms with Gasteiger partial charge in [0.1, 0.15) is 17.4 Å². The molecule has 2 N–H and O–H groups in total. The maximum absolute atomic E-state index is 13.8. The van der Waals surface area contributed by atoms with Crippen LogP contribution in [0.5, 0.6) is 11.5 Å². The molecular weight excluding hydrogens is 326 g/mol. The molecule has 0 aliphatic rings. The van der Waals surface area contributed by atoms with Crippen LogP contribution in [0.1, 0.15) is 16.8 Å². The fourth-order valence-corrected chi connectivity index (χ4v) is 1.78. The highest BCUT2D eigenvalue weighted by molar-refractivity contribution is 6.00. The van der Waals surface area contributed by atoms with Gasteiger partial charge < -0.3 is 19.9 Å². The van der Waals surface area contributed by atoms with Crippen LogP contribution in [0.2, 0.25) is 0 Å². The van der Waals surface area contributed by atoms with Crippen LogP contribution in [0, 0.1) is 5.82 Å². The third kappa shape index (κ3) is 4.73. The average Bonchev–Trinajstić information content (AvgIpc) is 2.44. The van der Waals surface area contributed by atoms with E-state index in [4.69, 9.17) is 14.6 Å². The Hall–Kier alpha value is -2.52. The Bertz CT molecular complexity index is 603. The Morgan fingerprint density at radius 1 is 1.26 bits per heavy atom. The molecule has 10 heteroatoms. The van der Waals surface area contributed by atoms with E-state index in [2.05, 4.69) is 0 Å². The summed E-state index contributed by atoms with van der Waals surface area (Å²) in [5, 5.41) is 10.4. The molecule has 0 aliphatic carbocycles. The van der Waals surface area contributed by atoms with Crippen LogP contribution < -0.4 is 14.8 Å². The third-order valence-electron chi connectivity index (χ3n) is 2.76. The highest BCUT2D eigenvalue weighted by Gasteiger charge is 2.37. The number of halogens is 4. The normalized spacial score (nSPS) is 12.4. The van der Waals surface area contributed by atoms with Crippen molar-refractivity contribution >= 4 is 11.9 Å². The molecule has 6 nitrogen and oxygen atoms in total. The minimum atomic E-state index is -4.83. The van der Waals surface area contributed by atoms with Crippen LogP contribution in [0.25, 0.3) is 0 Å². The van der Waals surface area contributed by atoms with Crippen LogP contribution in [0.15, 0.2) is 12.1 Å². The topological polar surface area (TPSA) is 84.9 Å². The second kappa shape index (κ2) is 7.16. The molecule has 1 rings (SSSR count). The molecule has 0 heterocycles. The number of nitrogens with one attached hydrogen (secondary N) is 1. The second-order valence-electron chi connectivity index (χ2n) is 4.34. The predicted octanol–water partition coefficient (Wildman–Crippen LogP) is 1.98. The number of ether oxygens (including phenoxy) is 2. The molecule has 1 unspecified atom stereocenters. The van der Waals surface area contributed by atoms with Crippen LogP contribution in [-0.2, 0) is 4.79 Å². The van der Waals surface area contributed by atoms with Gasteiger partial charge in [-0.25, -0.2) is 9.18 Å². The SMILES string of the molecule is COc1ccc(F)c(C(=O)NC(CC(F)(F)F)C(=O)O)c1OC. The molecule has 23 heavy (non-hydrogen) atoms. The standard InChI is InChI=1S/C13H13F4NO5/c1-22-8-4-3-6(14)9(10(8)23-2)11(19)18-7(12(20)21)5-13(15,16)17/h3-4,7H,5H2,1-2H3,(H,18,19)(H,20,21). The van der Waals surface area contributed by atoms with Crippen molar-refractivity contribution in [2.45, 2.75) is 18.6 Å². The number of hydrogen-bond acceptors (Lipinski definition) is 4. The maximum Gasteiger partial charge on any atom is 0.391 e. The number of carbonyl (C=O) groups excluding carboxylic acids is 1. The van der Waals surface area contributed by atoms with Gasteiger partial charge in [-0.15, -0.1) is 0 Å². The van der Waals surface area contributed by atoms with Crippen molar-refractivity contribution in [1.29, 1.82) is 0 Å². The quantitative estimate of drug-likeness (QED) is 0.774. The molecule has 0 fully saturated rings. The van der Waals surface area contributed by atoms with Crippen molar-refractivity contribution in [1.82, 2.24) is 5.32 Å². The minimum absolute atomic E-state index is 0.0400. The van der Waals surface area contributed by atoms with Crippen molar-refractivity contribution in [3.05, 3.63) is 23.5 Å².